The number of halogens is 4. The Labute approximate surface area is 112 Å². The maximum atomic E-state index is 13.9. The highest BCUT2D eigenvalue weighted by molar-refractivity contribution is 5.68. The van der Waals surface area contributed by atoms with Gasteiger partial charge in [-0.15, -0.1) is 0 Å². The fraction of sp³-hybridized carbons (Fsp3) is 0. The van der Waals surface area contributed by atoms with Crippen molar-refractivity contribution in [1.29, 1.82) is 5.26 Å². The summed E-state index contributed by atoms with van der Waals surface area (Å²) in [6, 6.07) is 9.17. The van der Waals surface area contributed by atoms with E-state index in [0.29, 0.717) is 11.6 Å². The van der Waals surface area contributed by atoms with Crippen LogP contribution in [0.5, 0.6) is 0 Å². The largest absolute Gasteiger partial charge is 0.270 e. The van der Waals surface area contributed by atoms with E-state index in [1.807, 2.05) is 6.07 Å². The van der Waals surface area contributed by atoms with Gasteiger partial charge in [-0.2, -0.15) is 14.0 Å². The average Bonchev–Trinajstić information content (AvgIpc) is 2.38. The van der Waals surface area contributed by atoms with Gasteiger partial charge in [0.2, 0.25) is 0 Å². The number of benzene rings is 2. The zero-order chi connectivity index (χ0) is 14.7. The van der Waals surface area contributed by atoms with E-state index in [1.54, 1.807) is 0 Å². The maximum Gasteiger partial charge on any atom is 0.270 e. The van der Waals surface area contributed by atoms with Crippen molar-refractivity contribution >= 4 is 6.08 Å². The summed E-state index contributed by atoms with van der Waals surface area (Å²) in [6.07, 6.45) is -1.65. The van der Waals surface area contributed by atoms with Crippen LogP contribution in [-0.4, -0.2) is 0 Å². The Morgan fingerprint density at radius 1 is 1.00 bits per heavy atom. The predicted octanol–water partition coefficient (Wildman–Crippen LogP) is 4.74. The van der Waals surface area contributed by atoms with Gasteiger partial charge in [0.15, 0.2) is 0 Å². The van der Waals surface area contributed by atoms with Crippen LogP contribution >= 0.6 is 0 Å². The van der Waals surface area contributed by atoms with Gasteiger partial charge in [-0.3, -0.25) is 0 Å². The summed E-state index contributed by atoms with van der Waals surface area (Å²) in [5, 5.41) is 8.65. The summed E-state index contributed by atoms with van der Waals surface area (Å²) in [4.78, 5) is 0. The predicted molar refractivity (Wildman–Crippen MR) is 66.7 cm³/mol. The molecule has 0 bridgehead atoms. The van der Waals surface area contributed by atoms with Crippen LogP contribution in [0.25, 0.3) is 17.2 Å². The highest BCUT2D eigenvalue weighted by Crippen LogP contribution is 2.28. The van der Waals surface area contributed by atoms with Crippen LogP contribution in [0.1, 0.15) is 11.1 Å². The van der Waals surface area contributed by atoms with Crippen molar-refractivity contribution in [3.05, 3.63) is 65.2 Å². The smallest absolute Gasteiger partial charge is 0.206 e. The van der Waals surface area contributed by atoms with E-state index >= 15 is 0 Å². The third-order valence-electron chi connectivity index (χ3n) is 2.64. The molecule has 0 radical (unpaired) electrons. The van der Waals surface area contributed by atoms with Crippen LogP contribution in [0, 0.1) is 23.0 Å². The van der Waals surface area contributed by atoms with Gasteiger partial charge in [-0.05, 0) is 35.4 Å². The lowest BCUT2D eigenvalue weighted by Gasteiger charge is -2.06. The lowest BCUT2D eigenvalue weighted by molar-refractivity contribution is 0.429. The van der Waals surface area contributed by atoms with Crippen LogP contribution in [-0.2, 0) is 0 Å². The van der Waals surface area contributed by atoms with Crippen molar-refractivity contribution in [2.75, 3.05) is 0 Å². The molecule has 0 spiro atoms. The Hall–Kier alpha value is -2.61. The van der Waals surface area contributed by atoms with Crippen molar-refractivity contribution in [3.63, 3.8) is 0 Å². The molecular weight excluding hydrogens is 270 g/mol. The molecule has 2 rings (SSSR count). The Balaban J connectivity index is 2.52. The van der Waals surface area contributed by atoms with Gasteiger partial charge in [-0.25, -0.2) is 8.78 Å². The molecule has 0 aliphatic heterocycles. The summed E-state index contributed by atoms with van der Waals surface area (Å²) in [6.45, 7) is 0. The number of rotatable bonds is 2. The van der Waals surface area contributed by atoms with Crippen LogP contribution in [0.2, 0.25) is 0 Å². The van der Waals surface area contributed by atoms with E-state index in [-0.39, 0.29) is 16.7 Å². The first-order valence-corrected chi connectivity index (χ1v) is 5.53. The Morgan fingerprint density at radius 2 is 1.55 bits per heavy atom. The summed E-state index contributed by atoms with van der Waals surface area (Å²) >= 11 is 0. The normalized spacial score (nSPS) is 9.95. The van der Waals surface area contributed by atoms with E-state index in [0.717, 1.165) is 12.1 Å². The minimum Gasteiger partial charge on any atom is -0.206 e. The molecule has 0 aliphatic rings. The Kier molecular flexibility index (Phi) is 3.85. The second-order valence-corrected chi connectivity index (χ2v) is 3.98. The summed E-state index contributed by atoms with van der Waals surface area (Å²) in [5.74, 6) is -1.88. The Morgan fingerprint density at radius 3 is 2.00 bits per heavy atom. The molecule has 2 aromatic rings. The van der Waals surface area contributed by atoms with E-state index in [4.69, 9.17) is 5.26 Å². The fourth-order valence-electron chi connectivity index (χ4n) is 1.79. The molecule has 0 fully saturated rings. The number of hydrogen-bond donors (Lipinski definition) is 0. The van der Waals surface area contributed by atoms with Gasteiger partial charge in [-0.1, -0.05) is 12.1 Å². The lowest BCUT2D eigenvalue weighted by atomic mass is 10.0. The molecule has 0 aliphatic carbocycles. The third-order valence-corrected chi connectivity index (χ3v) is 2.64. The zero-order valence-corrected chi connectivity index (χ0v) is 10.0. The lowest BCUT2D eigenvalue weighted by Crippen LogP contribution is -1.92. The number of nitrogens with zero attached hydrogens (tertiary/aromatic N) is 1. The number of nitriles is 1. The third kappa shape index (κ3) is 2.86. The molecule has 0 aromatic heterocycles. The number of hydrogen-bond acceptors (Lipinski definition) is 1. The summed E-state index contributed by atoms with van der Waals surface area (Å²) < 4.78 is 51.9. The highest BCUT2D eigenvalue weighted by atomic mass is 19.3. The summed E-state index contributed by atoms with van der Waals surface area (Å²) in [5.41, 5.74) is 0.0205. The van der Waals surface area contributed by atoms with Crippen molar-refractivity contribution in [2.24, 2.45) is 0 Å². The maximum absolute atomic E-state index is 13.9. The van der Waals surface area contributed by atoms with Crippen molar-refractivity contribution in [3.8, 4) is 17.2 Å². The van der Waals surface area contributed by atoms with Gasteiger partial charge < -0.3 is 0 Å². The topological polar surface area (TPSA) is 23.8 Å². The second-order valence-electron chi connectivity index (χ2n) is 3.98. The van der Waals surface area contributed by atoms with Gasteiger partial charge in [0.05, 0.1) is 17.2 Å². The molecule has 0 N–H and O–H groups in total. The van der Waals surface area contributed by atoms with Gasteiger partial charge in [0.1, 0.15) is 11.6 Å². The summed E-state index contributed by atoms with van der Waals surface area (Å²) in [7, 11) is 0. The minimum absolute atomic E-state index is 0.232. The fourth-order valence-corrected chi connectivity index (χ4v) is 1.79. The molecule has 0 saturated heterocycles. The molecule has 0 atom stereocenters. The van der Waals surface area contributed by atoms with E-state index < -0.39 is 17.7 Å². The van der Waals surface area contributed by atoms with Crippen LogP contribution in [0.15, 0.2) is 42.5 Å². The molecule has 100 valence electrons. The van der Waals surface area contributed by atoms with Gasteiger partial charge in [0, 0.05) is 6.08 Å². The molecule has 0 amide bonds. The van der Waals surface area contributed by atoms with E-state index in [9.17, 15) is 17.6 Å². The molecule has 0 saturated carbocycles. The van der Waals surface area contributed by atoms with Crippen LogP contribution < -0.4 is 0 Å². The standard InChI is InChI=1S/C15H7F4N/c16-12-5-10(7-14(18)19)6-13(17)15(12)11-3-1-9(8-20)2-4-11/h1-7H. The van der Waals surface area contributed by atoms with Gasteiger partial charge in [0.25, 0.3) is 6.08 Å². The van der Waals surface area contributed by atoms with Crippen LogP contribution in [0.4, 0.5) is 17.6 Å². The SMILES string of the molecule is N#Cc1ccc(-c2c(F)cc(C=C(F)F)cc2F)cc1. The van der Waals surface area contributed by atoms with Gasteiger partial charge >= 0.3 is 0 Å². The van der Waals surface area contributed by atoms with Crippen molar-refractivity contribution in [1.82, 2.24) is 0 Å². The highest BCUT2D eigenvalue weighted by Gasteiger charge is 2.13. The first-order chi connectivity index (χ1) is 9.51. The first-order valence-electron chi connectivity index (χ1n) is 5.53. The quantitative estimate of drug-likeness (QED) is 0.727. The zero-order valence-electron chi connectivity index (χ0n) is 10.0. The molecule has 1 nitrogen and oxygen atoms in total. The van der Waals surface area contributed by atoms with E-state index in [2.05, 4.69) is 0 Å². The average molecular weight is 277 g/mol. The molecular formula is C15H7F4N. The second kappa shape index (κ2) is 5.57. The van der Waals surface area contributed by atoms with Crippen LogP contribution in [0.3, 0.4) is 0 Å². The van der Waals surface area contributed by atoms with Crippen molar-refractivity contribution < 1.29 is 17.6 Å². The molecule has 5 heteroatoms. The molecule has 0 unspecified atom stereocenters. The molecule has 20 heavy (non-hydrogen) atoms. The first kappa shape index (κ1) is 13.8. The van der Waals surface area contributed by atoms with Crippen molar-refractivity contribution in [2.45, 2.75) is 0 Å². The molecule has 0 heterocycles. The molecule has 2 aromatic carbocycles. The minimum atomic E-state index is -2.03. The van der Waals surface area contributed by atoms with E-state index in [1.165, 1.54) is 24.3 Å². The Bertz CT molecular complexity index is 685. The monoisotopic (exact) mass is 277 g/mol.